The Morgan fingerprint density at radius 3 is 2.68 bits per heavy atom. The van der Waals surface area contributed by atoms with Crippen molar-refractivity contribution in [3.63, 3.8) is 0 Å². The van der Waals surface area contributed by atoms with Crippen LogP contribution in [0.4, 0.5) is 5.69 Å². The first-order valence-electron chi connectivity index (χ1n) is 7.19. The molecule has 0 aliphatic rings. The lowest BCUT2D eigenvalue weighted by Gasteiger charge is -2.08. The first-order valence-corrected chi connectivity index (χ1v) is 7.19. The van der Waals surface area contributed by atoms with Crippen molar-refractivity contribution in [2.45, 2.75) is 26.7 Å². The van der Waals surface area contributed by atoms with E-state index in [1.54, 1.807) is 24.7 Å². The standard InChI is InChI=1S/C17H20N2O3/c1-4-12-6-5-7-13(8-12)18-15(20)9-14-16(17(21)22)11(2)10-19(14)3/h5-8,10H,4,9H2,1-3H3,(H,18,20)(H,21,22). The van der Waals surface area contributed by atoms with Crippen molar-refractivity contribution in [2.24, 2.45) is 7.05 Å². The number of nitrogens with zero attached hydrogens (tertiary/aromatic N) is 1. The number of rotatable bonds is 5. The van der Waals surface area contributed by atoms with Crippen LogP contribution in [-0.2, 0) is 24.7 Å². The number of aromatic nitrogens is 1. The van der Waals surface area contributed by atoms with E-state index < -0.39 is 5.97 Å². The third kappa shape index (κ3) is 3.36. The molecule has 0 aliphatic carbocycles. The van der Waals surface area contributed by atoms with Gasteiger partial charge in [-0.1, -0.05) is 19.1 Å². The number of hydrogen-bond acceptors (Lipinski definition) is 2. The van der Waals surface area contributed by atoms with E-state index in [2.05, 4.69) is 5.32 Å². The number of aryl methyl sites for hydroxylation is 3. The monoisotopic (exact) mass is 300 g/mol. The Bertz CT molecular complexity index is 717. The second-order valence-electron chi connectivity index (χ2n) is 5.33. The molecule has 1 aromatic heterocycles. The van der Waals surface area contributed by atoms with E-state index in [0.29, 0.717) is 11.3 Å². The number of hydrogen-bond donors (Lipinski definition) is 2. The minimum atomic E-state index is -1.01. The Morgan fingerprint density at radius 1 is 1.32 bits per heavy atom. The summed E-state index contributed by atoms with van der Waals surface area (Å²) in [6.07, 6.45) is 2.65. The molecule has 0 saturated carbocycles. The number of carbonyl (C=O) groups is 2. The lowest BCUT2D eigenvalue weighted by atomic mass is 10.1. The van der Waals surface area contributed by atoms with Crippen molar-refractivity contribution in [3.8, 4) is 0 Å². The van der Waals surface area contributed by atoms with Crippen LogP contribution in [-0.4, -0.2) is 21.6 Å². The Kier molecular flexibility index (Phi) is 4.65. The molecule has 0 atom stereocenters. The van der Waals surface area contributed by atoms with Crippen molar-refractivity contribution in [3.05, 3.63) is 52.8 Å². The highest BCUT2D eigenvalue weighted by molar-refractivity contribution is 5.96. The average Bonchev–Trinajstić information content (AvgIpc) is 2.73. The summed E-state index contributed by atoms with van der Waals surface area (Å²) in [5.41, 5.74) is 3.24. The van der Waals surface area contributed by atoms with Gasteiger partial charge in [-0.2, -0.15) is 0 Å². The summed E-state index contributed by atoms with van der Waals surface area (Å²) >= 11 is 0. The number of carboxylic acids is 1. The predicted molar refractivity (Wildman–Crippen MR) is 85.3 cm³/mol. The number of nitrogens with one attached hydrogen (secondary N) is 1. The van der Waals surface area contributed by atoms with Gasteiger partial charge >= 0.3 is 5.97 Å². The maximum absolute atomic E-state index is 12.2. The molecule has 0 radical (unpaired) electrons. The third-order valence-electron chi connectivity index (χ3n) is 3.66. The van der Waals surface area contributed by atoms with Gasteiger partial charge < -0.3 is 15.0 Å². The summed E-state index contributed by atoms with van der Waals surface area (Å²) < 4.78 is 1.70. The van der Waals surface area contributed by atoms with Gasteiger partial charge in [0.1, 0.15) is 0 Å². The molecule has 0 fully saturated rings. The molecule has 2 N–H and O–H groups in total. The van der Waals surface area contributed by atoms with Crippen LogP contribution in [0.2, 0.25) is 0 Å². The number of carboxylic acid groups (broad SMARTS) is 1. The number of aromatic carboxylic acids is 1. The zero-order chi connectivity index (χ0) is 16.3. The predicted octanol–water partition coefficient (Wildman–Crippen LogP) is 2.78. The molecule has 5 nitrogen and oxygen atoms in total. The summed E-state index contributed by atoms with van der Waals surface area (Å²) in [6, 6.07) is 7.64. The molecule has 0 bridgehead atoms. The summed E-state index contributed by atoms with van der Waals surface area (Å²) in [6.45, 7) is 3.78. The summed E-state index contributed by atoms with van der Waals surface area (Å²) in [5.74, 6) is -1.23. The van der Waals surface area contributed by atoms with E-state index in [1.807, 2.05) is 31.2 Å². The van der Waals surface area contributed by atoms with Gasteiger partial charge in [0.15, 0.2) is 0 Å². The zero-order valence-electron chi connectivity index (χ0n) is 13.0. The first kappa shape index (κ1) is 15.8. The van der Waals surface area contributed by atoms with Gasteiger partial charge in [0, 0.05) is 24.6 Å². The van der Waals surface area contributed by atoms with Crippen molar-refractivity contribution < 1.29 is 14.7 Å². The van der Waals surface area contributed by atoms with Gasteiger partial charge in [-0.05, 0) is 36.6 Å². The third-order valence-corrected chi connectivity index (χ3v) is 3.66. The topological polar surface area (TPSA) is 71.3 Å². The highest BCUT2D eigenvalue weighted by Crippen LogP contribution is 2.18. The van der Waals surface area contributed by atoms with E-state index in [1.165, 1.54) is 0 Å². The van der Waals surface area contributed by atoms with Crippen LogP contribution in [0.5, 0.6) is 0 Å². The Labute approximate surface area is 129 Å². The summed E-state index contributed by atoms with van der Waals surface area (Å²) in [7, 11) is 1.75. The van der Waals surface area contributed by atoms with Crippen molar-refractivity contribution >= 4 is 17.6 Å². The molecule has 2 rings (SSSR count). The fraction of sp³-hybridized carbons (Fsp3) is 0.294. The van der Waals surface area contributed by atoms with Crippen molar-refractivity contribution in [1.29, 1.82) is 0 Å². The van der Waals surface area contributed by atoms with Gasteiger partial charge in [-0.25, -0.2) is 4.79 Å². The number of carbonyl (C=O) groups excluding carboxylic acids is 1. The number of benzene rings is 1. The highest BCUT2D eigenvalue weighted by atomic mass is 16.4. The fourth-order valence-electron chi connectivity index (χ4n) is 2.57. The molecule has 1 aromatic carbocycles. The molecule has 0 saturated heterocycles. The normalized spacial score (nSPS) is 10.5. The lowest BCUT2D eigenvalue weighted by Crippen LogP contribution is -2.18. The minimum Gasteiger partial charge on any atom is -0.478 e. The van der Waals surface area contributed by atoms with Crippen LogP contribution in [0.1, 0.15) is 34.1 Å². The quantitative estimate of drug-likeness (QED) is 0.892. The van der Waals surface area contributed by atoms with E-state index in [0.717, 1.165) is 17.7 Å². The molecule has 2 aromatic rings. The molecule has 0 aliphatic heterocycles. The van der Waals surface area contributed by atoms with Crippen LogP contribution in [0.15, 0.2) is 30.5 Å². The van der Waals surface area contributed by atoms with Gasteiger partial charge in [-0.3, -0.25) is 4.79 Å². The van der Waals surface area contributed by atoms with Crippen LogP contribution in [0, 0.1) is 6.92 Å². The van der Waals surface area contributed by atoms with E-state index in [-0.39, 0.29) is 17.9 Å². The molecular weight excluding hydrogens is 280 g/mol. The zero-order valence-corrected chi connectivity index (χ0v) is 13.0. The Balaban J connectivity index is 2.17. The van der Waals surface area contributed by atoms with E-state index in [4.69, 9.17) is 0 Å². The lowest BCUT2D eigenvalue weighted by molar-refractivity contribution is -0.115. The van der Waals surface area contributed by atoms with Gasteiger partial charge in [0.25, 0.3) is 0 Å². The fourth-order valence-corrected chi connectivity index (χ4v) is 2.57. The molecule has 1 heterocycles. The SMILES string of the molecule is CCc1cccc(NC(=O)Cc2c(C(=O)O)c(C)cn2C)c1. The highest BCUT2D eigenvalue weighted by Gasteiger charge is 2.20. The van der Waals surface area contributed by atoms with Gasteiger partial charge in [0.2, 0.25) is 5.91 Å². The molecule has 22 heavy (non-hydrogen) atoms. The second-order valence-corrected chi connectivity index (χ2v) is 5.33. The smallest absolute Gasteiger partial charge is 0.337 e. The maximum Gasteiger partial charge on any atom is 0.337 e. The second kappa shape index (κ2) is 6.47. The van der Waals surface area contributed by atoms with Crippen molar-refractivity contribution in [1.82, 2.24) is 4.57 Å². The van der Waals surface area contributed by atoms with E-state index in [9.17, 15) is 14.7 Å². The van der Waals surface area contributed by atoms with E-state index >= 15 is 0 Å². The minimum absolute atomic E-state index is 0.0301. The van der Waals surface area contributed by atoms with Gasteiger partial charge in [0.05, 0.1) is 12.0 Å². The maximum atomic E-state index is 12.2. The molecule has 5 heteroatoms. The largest absolute Gasteiger partial charge is 0.478 e. The summed E-state index contributed by atoms with van der Waals surface area (Å²) in [4.78, 5) is 23.5. The molecule has 116 valence electrons. The number of anilines is 1. The Hall–Kier alpha value is -2.56. The molecule has 1 amide bonds. The number of amides is 1. The molecule has 0 unspecified atom stereocenters. The van der Waals surface area contributed by atoms with Gasteiger partial charge in [-0.15, -0.1) is 0 Å². The molecular formula is C17H20N2O3. The first-order chi connectivity index (χ1) is 10.4. The average molecular weight is 300 g/mol. The van der Waals surface area contributed by atoms with Crippen LogP contribution in [0.3, 0.4) is 0 Å². The molecule has 0 spiro atoms. The van der Waals surface area contributed by atoms with Crippen LogP contribution >= 0.6 is 0 Å². The van der Waals surface area contributed by atoms with Crippen molar-refractivity contribution in [2.75, 3.05) is 5.32 Å². The van der Waals surface area contributed by atoms with Crippen LogP contribution < -0.4 is 5.32 Å². The Morgan fingerprint density at radius 2 is 2.05 bits per heavy atom. The summed E-state index contributed by atoms with van der Waals surface area (Å²) in [5, 5.41) is 12.1. The van der Waals surface area contributed by atoms with Crippen LogP contribution in [0.25, 0.3) is 0 Å².